The molecule has 0 spiro atoms. The zero-order valence-corrected chi connectivity index (χ0v) is 10.7. The Labute approximate surface area is 113 Å². The van der Waals surface area contributed by atoms with Gasteiger partial charge in [-0.15, -0.1) is 0 Å². The number of pyridine rings is 1. The molecule has 8 heteroatoms. The van der Waals surface area contributed by atoms with E-state index in [2.05, 4.69) is 15.1 Å². The molecule has 20 heavy (non-hydrogen) atoms. The molecule has 0 radical (unpaired) electrons. The summed E-state index contributed by atoms with van der Waals surface area (Å²) in [7, 11) is 0. The van der Waals surface area contributed by atoms with Gasteiger partial charge >= 0.3 is 5.82 Å². The van der Waals surface area contributed by atoms with Crippen LogP contribution in [0.25, 0.3) is 0 Å². The Hall–Kier alpha value is -2.51. The van der Waals surface area contributed by atoms with Crippen molar-refractivity contribution < 1.29 is 14.2 Å². The van der Waals surface area contributed by atoms with Crippen LogP contribution in [-0.2, 0) is 0 Å². The highest BCUT2D eigenvalue weighted by Crippen LogP contribution is 2.38. The largest absolute Gasteiger partial charge is 0.473 e. The monoisotopic (exact) mass is 276 g/mol. The van der Waals surface area contributed by atoms with Gasteiger partial charge in [-0.2, -0.15) is 4.98 Å². The molecule has 0 unspecified atom stereocenters. The van der Waals surface area contributed by atoms with E-state index in [1.165, 1.54) is 12.3 Å². The van der Waals surface area contributed by atoms with Crippen LogP contribution in [0.15, 0.2) is 22.9 Å². The van der Waals surface area contributed by atoms with Crippen molar-refractivity contribution in [1.29, 1.82) is 0 Å². The van der Waals surface area contributed by atoms with Gasteiger partial charge in [-0.1, -0.05) is 5.16 Å². The Kier molecular flexibility index (Phi) is 3.05. The van der Waals surface area contributed by atoms with Crippen molar-refractivity contribution in [3.63, 3.8) is 0 Å². The molecule has 0 N–H and O–H groups in total. The Morgan fingerprint density at radius 3 is 3.05 bits per heavy atom. The summed E-state index contributed by atoms with van der Waals surface area (Å²) in [4.78, 5) is 18.2. The smallest absolute Gasteiger partial charge is 0.406 e. The Morgan fingerprint density at radius 2 is 2.35 bits per heavy atom. The highest BCUT2D eigenvalue weighted by atomic mass is 16.6. The quantitative estimate of drug-likeness (QED) is 0.609. The lowest BCUT2D eigenvalue weighted by atomic mass is 10.3. The molecule has 1 aliphatic rings. The fourth-order valence-electron chi connectivity index (χ4n) is 1.77. The van der Waals surface area contributed by atoms with Gasteiger partial charge in [-0.3, -0.25) is 0 Å². The molecule has 1 fully saturated rings. The third kappa shape index (κ3) is 2.44. The van der Waals surface area contributed by atoms with Gasteiger partial charge in [0.15, 0.2) is 11.9 Å². The third-order valence-corrected chi connectivity index (χ3v) is 2.98. The molecule has 0 bridgehead atoms. The van der Waals surface area contributed by atoms with E-state index in [1.807, 2.05) is 0 Å². The van der Waals surface area contributed by atoms with E-state index < -0.39 is 11.0 Å². The van der Waals surface area contributed by atoms with Crippen LogP contribution in [0.4, 0.5) is 5.82 Å². The second-order valence-electron chi connectivity index (χ2n) is 4.61. The SMILES string of the molecule is C[C@@H](Oc1cccnc1[N+](=O)[O-])c1nc(C2CC2)no1. The van der Waals surface area contributed by atoms with Crippen LogP contribution in [0.1, 0.15) is 43.5 Å². The molecule has 3 rings (SSSR count). The predicted octanol–water partition coefficient (Wildman–Crippen LogP) is 2.39. The van der Waals surface area contributed by atoms with Crippen LogP contribution in [-0.4, -0.2) is 20.0 Å². The lowest BCUT2D eigenvalue weighted by Gasteiger charge is -2.09. The fraction of sp³-hybridized carbons (Fsp3) is 0.417. The van der Waals surface area contributed by atoms with Gasteiger partial charge < -0.3 is 19.4 Å². The van der Waals surface area contributed by atoms with E-state index in [9.17, 15) is 10.1 Å². The second kappa shape index (κ2) is 4.87. The topological polar surface area (TPSA) is 104 Å². The molecule has 1 saturated carbocycles. The number of rotatable bonds is 5. The van der Waals surface area contributed by atoms with E-state index in [0.717, 1.165) is 12.8 Å². The van der Waals surface area contributed by atoms with Crippen molar-refractivity contribution in [2.24, 2.45) is 0 Å². The number of hydrogen-bond acceptors (Lipinski definition) is 7. The summed E-state index contributed by atoms with van der Waals surface area (Å²) in [5.41, 5.74) is 0. The lowest BCUT2D eigenvalue weighted by Crippen LogP contribution is -2.06. The first-order chi connectivity index (χ1) is 9.65. The first-order valence-corrected chi connectivity index (χ1v) is 6.24. The molecule has 0 amide bonds. The van der Waals surface area contributed by atoms with E-state index in [-0.39, 0.29) is 11.6 Å². The van der Waals surface area contributed by atoms with Gasteiger partial charge in [0.1, 0.15) is 6.20 Å². The van der Waals surface area contributed by atoms with Gasteiger partial charge in [0.05, 0.1) is 0 Å². The van der Waals surface area contributed by atoms with Crippen LogP contribution in [0.5, 0.6) is 5.75 Å². The maximum absolute atomic E-state index is 10.9. The maximum Gasteiger partial charge on any atom is 0.406 e. The van der Waals surface area contributed by atoms with Crippen LogP contribution in [0.3, 0.4) is 0 Å². The molecule has 2 aromatic heterocycles. The molecule has 2 heterocycles. The Bertz CT molecular complexity index is 638. The van der Waals surface area contributed by atoms with Crippen molar-refractivity contribution >= 4 is 5.82 Å². The van der Waals surface area contributed by atoms with Gasteiger partial charge in [0, 0.05) is 5.92 Å². The van der Waals surface area contributed by atoms with Crippen molar-refractivity contribution in [2.45, 2.75) is 31.8 Å². The van der Waals surface area contributed by atoms with Gasteiger partial charge in [-0.05, 0) is 41.8 Å². The van der Waals surface area contributed by atoms with Crippen LogP contribution in [0.2, 0.25) is 0 Å². The van der Waals surface area contributed by atoms with Crippen molar-refractivity contribution in [3.8, 4) is 5.75 Å². The lowest BCUT2D eigenvalue weighted by molar-refractivity contribution is -0.390. The second-order valence-corrected chi connectivity index (χ2v) is 4.61. The van der Waals surface area contributed by atoms with Crippen LogP contribution < -0.4 is 4.74 Å². The molecule has 0 aliphatic heterocycles. The molecule has 104 valence electrons. The van der Waals surface area contributed by atoms with Crippen molar-refractivity contribution in [1.82, 2.24) is 15.1 Å². The average Bonchev–Trinajstić information content (AvgIpc) is 3.16. The minimum atomic E-state index is -0.592. The van der Waals surface area contributed by atoms with Crippen molar-refractivity contribution in [2.75, 3.05) is 0 Å². The number of hydrogen-bond donors (Lipinski definition) is 0. The highest BCUT2D eigenvalue weighted by molar-refractivity contribution is 5.38. The summed E-state index contributed by atoms with van der Waals surface area (Å²) in [5, 5.41) is 14.7. The van der Waals surface area contributed by atoms with Gasteiger partial charge in [0.2, 0.25) is 5.75 Å². The highest BCUT2D eigenvalue weighted by Gasteiger charge is 2.30. The summed E-state index contributed by atoms with van der Waals surface area (Å²) in [6.07, 6.45) is 2.91. The molecular weight excluding hydrogens is 264 g/mol. The summed E-state index contributed by atoms with van der Waals surface area (Å²) in [6.45, 7) is 1.70. The summed E-state index contributed by atoms with van der Waals surface area (Å²) < 4.78 is 10.6. The Morgan fingerprint density at radius 1 is 1.55 bits per heavy atom. The molecule has 1 atom stereocenters. The Balaban J connectivity index is 1.77. The molecule has 1 aliphatic carbocycles. The normalized spacial score (nSPS) is 15.8. The number of ether oxygens (including phenoxy) is 1. The molecular formula is C12H12N4O4. The summed E-state index contributed by atoms with van der Waals surface area (Å²) in [5.74, 6) is 1.12. The number of nitro groups is 1. The van der Waals surface area contributed by atoms with E-state index in [0.29, 0.717) is 17.6 Å². The predicted molar refractivity (Wildman–Crippen MR) is 66.2 cm³/mol. The first-order valence-electron chi connectivity index (χ1n) is 6.24. The standard InChI is InChI=1S/C12H12N4O4/c1-7(12-14-10(15-20-12)8-4-5-8)19-9-3-2-6-13-11(9)16(17)18/h2-3,6-8H,4-5H2,1H3/t7-/m1/s1. The summed E-state index contributed by atoms with van der Waals surface area (Å²) in [6, 6.07) is 3.05. The average molecular weight is 276 g/mol. The van der Waals surface area contributed by atoms with E-state index in [4.69, 9.17) is 9.26 Å². The molecule has 0 saturated heterocycles. The van der Waals surface area contributed by atoms with E-state index in [1.54, 1.807) is 13.0 Å². The molecule has 2 aromatic rings. The number of aromatic nitrogens is 3. The summed E-state index contributed by atoms with van der Waals surface area (Å²) >= 11 is 0. The zero-order valence-electron chi connectivity index (χ0n) is 10.7. The minimum Gasteiger partial charge on any atom is -0.473 e. The van der Waals surface area contributed by atoms with Gasteiger partial charge in [-0.25, -0.2) is 0 Å². The maximum atomic E-state index is 10.9. The third-order valence-electron chi connectivity index (χ3n) is 2.98. The first kappa shape index (κ1) is 12.5. The molecule has 8 nitrogen and oxygen atoms in total. The minimum absolute atomic E-state index is 0.0798. The zero-order chi connectivity index (χ0) is 14.1. The van der Waals surface area contributed by atoms with Crippen molar-refractivity contribution in [3.05, 3.63) is 40.2 Å². The van der Waals surface area contributed by atoms with E-state index >= 15 is 0 Å². The van der Waals surface area contributed by atoms with Crippen LogP contribution >= 0.6 is 0 Å². The van der Waals surface area contributed by atoms with Gasteiger partial charge in [0.25, 0.3) is 5.89 Å². The molecule has 0 aromatic carbocycles. The fourth-order valence-corrected chi connectivity index (χ4v) is 1.77. The van der Waals surface area contributed by atoms with Crippen LogP contribution in [0, 0.1) is 10.1 Å². The number of nitrogens with zero attached hydrogens (tertiary/aromatic N) is 4.